The van der Waals surface area contributed by atoms with Crippen LogP contribution in [0.1, 0.15) is 35.2 Å². The molecule has 0 bridgehead atoms. The number of carbonyl (C=O) groups is 1. The van der Waals surface area contributed by atoms with Crippen LogP contribution in [0.4, 0.5) is 11.6 Å². The van der Waals surface area contributed by atoms with Crippen molar-refractivity contribution in [1.82, 2.24) is 20.2 Å². The minimum atomic E-state index is -0.606. The van der Waals surface area contributed by atoms with Gasteiger partial charge < -0.3 is 15.4 Å². The molecule has 36 heavy (non-hydrogen) atoms. The maximum Gasteiger partial charge on any atom is 0.255 e. The topological polar surface area (TPSA) is 94.0 Å². The Morgan fingerprint density at radius 1 is 1.08 bits per heavy atom. The fraction of sp³-hybridized carbons (Fsp3) is 0.185. The zero-order chi connectivity index (χ0) is 25.2. The number of tetrazole rings is 1. The van der Waals surface area contributed by atoms with Crippen molar-refractivity contribution in [1.29, 1.82) is 0 Å². The Morgan fingerprint density at radius 3 is 2.67 bits per heavy atom. The number of halogens is 1. The van der Waals surface area contributed by atoms with Gasteiger partial charge in [-0.25, -0.2) is 0 Å². The molecule has 1 unspecified atom stereocenters. The second kappa shape index (κ2) is 9.94. The van der Waals surface area contributed by atoms with Gasteiger partial charge >= 0.3 is 0 Å². The highest BCUT2D eigenvalue weighted by molar-refractivity contribution is 9.10. The molecule has 9 heteroatoms. The van der Waals surface area contributed by atoms with Gasteiger partial charge in [-0.2, -0.15) is 4.68 Å². The first-order valence-corrected chi connectivity index (χ1v) is 12.3. The lowest BCUT2D eigenvalue weighted by Crippen LogP contribution is -2.32. The van der Waals surface area contributed by atoms with E-state index in [1.165, 1.54) is 0 Å². The number of aromatic nitrogens is 4. The maximum atomic E-state index is 13.8. The minimum absolute atomic E-state index is 0.243. The molecule has 182 valence electrons. The quantitative estimate of drug-likeness (QED) is 0.330. The lowest BCUT2D eigenvalue weighted by atomic mass is 9.94. The van der Waals surface area contributed by atoms with Gasteiger partial charge in [-0.05, 0) is 66.6 Å². The second-order valence-corrected chi connectivity index (χ2v) is 9.66. The van der Waals surface area contributed by atoms with Crippen LogP contribution in [0.3, 0.4) is 0 Å². The highest BCUT2D eigenvalue weighted by atomic mass is 79.9. The number of allylic oxidation sites excluding steroid dienone is 1. The number of fused-ring (bicyclic) bond motifs is 1. The van der Waals surface area contributed by atoms with E-state index in [9.17, 15) is 4.79 Å². The molecule has 2 N–H and O–H groups in total. The van der Waals surface area contributed by atoms with Crippen LogP contribution in [0.25, 0.3) is 0 Å². The van der Waals surface area contributed by atoms with Crippen molar-refractivity contribution >= 4 is 33.5 Å². The van der Waals surface area contributed by atoms with E-state index in [4.69, 9.17) is 4.74 Å². The number of nitrogens with zero attached hydrogens (tertiary/aromatic N) is 4. The molecule has 8 nitrogen and oxygen atoms in total. The highest BCUT2D eigenvalue weighted by Crippen LogP contribution is 2.40. The Morgan fingerprint density at radius 2 is 1.89 bits per heavy atom. The maximum absolute atomic E-state index is 13.8. The molecule has 1 aliphatic rings. The second-order valence-electron chi connectivity index (χ2n) is 8.74. The summed E-state index contributed by atoms with van der Waals surface area (Å²) in [6.45, 7) is 6.24. The number of nitrogens with one attached hydrogen (secondary N) is 2. The zero-order valence-electron chi connectivity index (χ0n) is 20.1. The summed E-state index contributed by atoms with van der Waals surface area (Å²) in [6.07, 6.45) is 0. The van der Waals surface area contributed by atoms with Crippen molar-refractivity contribution in [2.45, 2.75) is 33.4 Å². The first-order valence-electron chi connectivity index (χ1n) is 11.5. The van der Waals surface area contributed by atoms with Crippen molar-refractivity contribution in [3.63, 3.8) is 0 Å². The molecule has 1 aromatic heterocycles. The summed E-state index contributed by atoms with van der Waals surface area (Å²) in [7, 11) is 0. The highest BCUT2D eigenvalue weighted by Gasteiger charge is 2.36. The van der Waals surface area contributed by atoms with Gasteiger partial charge in [0.25, 0.3) is 5.91 Å². The molecule has 0 fully saturated rings. The summed E-state index contributed by atoms with van der Waals surface area (Å²) in [5.74, 6) is 0.849. The van der Waals surface area contributed by atoms with E-state index in [2.05, 4.69) is 42.1 Å². The average Bonchev–Trinajstić information content (AvgIpc) is 3.32. The van der Waals surface area contributed by atoms with Crippen molar-refractivity contribution in [2.24, 2.45) is 0 Å². The third kappa shape index (κ3) is 4.74. The molecule has 1 amide bonds. The van der Waals surface area contributed by atoms with Crippen molar-refractivity contribution in [2.75, 3.05) is 10.6 Å². The Kier molecular flexibility index (Phi) is 6.56. The van der Waals surface area contributed by atoms with Gasteiger partial charge in [0.15, 0.2) is 0 Å². The number of amides is 1. The largest absolute Gasteiger partial charge is 0.489 e. The van der Waals surface area contributed by atoms with Gasteiger partial charge in [-0.1, -0.05) is 69.1 Å². The van der Waals surface area contributed by atoms with Gasteiger partial charge in [-0.3, -0.25) is 4.79 Å². The zero-order valence-corrected chi connectivity index (χ0v) is 21.7. The summed E-state index contributed by atoms with van der Waals surface area (Å²) in [5.41, 5.74) is 5.84. The number of hydrogen-bond donors (Lipinski definition) is 2. The predicted octanol–water partition coefficient (Wildman–Crippen LogP) is 5.56. The molecule has 0 radical (unpaired) electrons. The molecule has 0 saturated heterocycles. The molecule has 2 heterocycles. The number of hydrogen-bond acceptors (Lipinski definition) is 6. The van der Waals surface area contributed by atoms with Crippen LogP contribution in [0, 0.1) is 13.8 Å². The van der Waals surface area contributed by atoms with Crippen LogP contribution in [-0.4, -0.2) is 26.1 Å². The minimum Gasteiger partial charge on any atom is -0.489 e. The summed E-state index contributed by atoms with van der Waals surface area (Å²) in [5, 5.41) is 18.4. The number of benzene rings is 3. The number of rotatable bonds is 6. The Labute approximate surface area is 217 Å². The molecule has 4 aromatic rings. The molecular weight excluding hydrogens is 520 g/mol. The molecule has 1 aliphatic heterocycles. The lowest BCUT2D eigenvalue weighted by Gasteiger charge is -2.29. The lowest BCUT2D eigenvalue weighted by molar-refractivity contribution is -0.113. The van der Waals surface area contributed by atoms with E-state index in [1.807, 2.05) is 87.5 Å². The van der Waals surface area contributed by atoms with Crippen LogP contribution in [0.2, 0.25) is 0 Å². The number of aryl methyl sites for hydroxylation is 2. The van der Waals surface area contributed by atoms with E-state index in [0.717, 1.165) is 32.4 Å². The van der Waals surface area contributed by atoms with Crippen molar-refractivity contribution in [3.05, 3.63) is 105 Å². The summed E-state index contributed by atoms with van der Waals surface area (Å²) < 4.78 is 8.72. The van der Waals surface area contributed by atoms with E-state index in [-0.39, 0.29) is 5.91 Å². The molecular formula is C27H25BrN6O2. The van der Waals surface area contributed by atoms with Gasteiger partial charge in [0.05, 0.1) is 5.57 Å². The van der Waals surface area contributed by atoms with Crippen LogP contribution in [0.5, 0.6) is 5.75 Å². The van der Waals surface area contributed by atoms with E-state index < -0.39 is 6.04 Å². The number of carbonyl (C=O) groups excluding carboxylic acids is 1. The van der Waals surface area contributed by atoms with Gasteiger partial charge in [0.1, 0.15) is 18.4 Å². The van der Waals surface area contributed by atoms with Gasteiger partial charge in [-0.15, -0.1) is 0 Å². The number of ether oxygens (including phenoxy) is 1. The molecule has 0 spiro atoms. The molecule has 3 aromatic carbocycles. The normalized spacial score (nSPS) is 14.7. The fourth-order valence-corrected chi connectivity index (χ4v) is 4.72. The molecule has 0 saturated carbocycles. The Hall–Kier alpha value is -3.98. The SMILES string of the molecule is CC1=C(C(=O)Nc2ccc(C)cc2C)C(c2cc(Br)ccc2OCc2ccccc2)n2nnnc2N1. The van der Waals surface area contributed by atoms with Crippen molar-refractivity contribution in [3.8, 4) is 5.75 Å². The fourth-order valence-electron chi connectivity index (χ4n) is 4.34. The van der Waals surface area contributed by atoms with Gasteiger partial charge in [0.2, 0.25) is 5.95 Å². The third-order valence-electron chi connectivity index (χ3n) is 6.09. The van der Waals surface area contributed by atoms with Crippen LogP contribution in [-0.2, 0) is 11.4 Å². The predicted molar refractivity (Wildman–Crippen MR) is 142 cm³/mol. The number of anilines is 2. The Balaban J connectivity index is 1.56. The van der Waals surface area contributed by atoms with E-state index >= 15 is 0 Å². The first-order chi connectivity index (χ1) is 17.4. The molecule has 1 atom stereocenters. The van der Waals surface area contributed by atoms with Crippen LogP contribution < -0.4 is 15.4 Å². The summed E-state index contributed by atoms with van der Waals surface area (Å²) >= 11 is 3.58. The summed E-state index contributed by atoms with van der Waals surface area (Å²) in [6, 6.07) is 21.0. The standard InChI is InChI=1S/C27H25BrN6O2/c1-16-9-11-22(17(2)13-16)30-26(35)24-18(3)29-27-31-32-33-34(27)25(24)21-14-20(28)10-12-23(21)36-15-19-7-5-4-6-8-19/h4-14,25H,15H2,1-3H3,(H,30,35)(H,29,31,33). The average molecular weight is 545 g/mol. The molecule has 5 rings (SSSR count). The van der Waals surface area contributed by atoms with E-state index in [1.54, 1.807) is 4.68 Å². The van der Waals surface area contributed by atoms with Crippen LogP contribution >= 0.6 is 15.9 Å². The van der Waals surface area contributed by atoms with Crippen molar-refractivity contribution < 1.29 is 9.53 Å². The third-order valence-corrected chi connectivity index (χ3v) is 6.59. The smallest absolute Gasteiger partial charge is 0.255 e. The molecule has 0 aliphatic carbocycles. The monoisotopic (exact) mass is 544 g/mol. The summed E-state index contributed by atoms with van der Waals surface area (Å²) in [4.78, 5) is 13.8. The first kappa shape index (κ1) is 23.7. The van der Waals surface area contributed by atoms with Gasteiger partial charge in [0, 0.05) is 21.4 Å². The Bertz CT molecular complexity index is 1460. The van der Waals surface area contributed by atoms with Crippen LogP contribution in [0.15, 0.2) is 82.5 Å². The van der Waals surface area contributed by atoms with E-state index in [0.29, 0.717) is 29.6 Å².